The molecule has 1 aromatic carbocycles. The molecule has 1 amide bonds. The van der Waals surface area contributed by atoms with Gasteiger partial charge in [-0.1, -0.05) is 12.1 Å². The zero-order valence-corrected chi connectivity index (χ0v) is 9.71. The standard InChI is InChI=1S/C12H12N2O4/c1-8(15)14-10(12(16)17)7-18-11-5-3-2-4-9(11)6-13/h2-5,10H,7H2,1H3,(H,14,15)(H,16,17). The van der Waals surface area contributed by atoms with Gasteiger partial charge in [0.05, 0.1) is 5.56 Å². The normalized spacial score (nSPS) is 11.1. The van der Waals surface area contributed by atoms with Gasteiger partial charge in [-0.25, -0.2) is 4.79 Å². The Bertz CT molecular complexity index is 493. The molecule has 1 rings (SSSR count). The van der Waals surface area contributed by atoms with E-state index in [0.29, 0.717) is 5.56 Å². The molecule has 0 aliphatic rings. The number of ether oxygens (including phenoxy) is 1. The quantitative estimate of drug-likeness (QED) is 0.791. The van der Waals surface area contributed by atoms with Gasteiger partial charge in [0.15, 0.2) is 6.04 Å². The van der Waals surface area contributed by atoms with Crippen molar-refractivity contribution in [3.05, 3.63) is 29.8 Å². The summed E-state index contributed by atoms with van der Waals surface area (Å²) >= 11 is 0. The average molecular weight is 248 g/mol. The number of hydrogen-bond donors (Lipinski definition) is 2. The van der Waals surface area contributed by atoms with Gasteiger partial charge < -0.3 is 15.2 Å². The number of carboxylic acid groups (broad SMARTS) is 1. The predicted molar refractivity (Wildman–Crippen MR) is 61.9 cm³/mol. The molecule has 6 nitrogen and oxygen atoms in total. The van der Waals surface area contributed by atoms with Crippen LogP contribution in [-0.2, 0) is 9.59 Å². The van der Waals surface area contributed by atoms with Crippen molar-refractivity contribution in [1.29, 1.82) is 5.26 Å². The number of hydrogen-bond acceptors (Lipinski definition) is 4. The number of para-hydroxylation sites is 1. The zero-order chi connectivity index (χ0) is 13.5. The lowest BCUT2D eigenvalue weighted by molar-refractivity contribution is -0.142. The smallest absolute Gasteiger partial charge is 0.329 e. The van der Waals surface area contributed by atoms with Crippen LogP contribution in [0, 0.1) is 11.3 Å². The van der Waals surface area contributed by atoms with Gasteiger partial charge in [-0.05, 0) is 12.1 Å². The van der Waals surface area contributed by atoms with E-state index in [2.05, 4.69) is 5.32 Å². The van der Waals surface area contributed by atoms with Crippen LogP contribution in [0.1, 0.15) is 12.5 Å². The maximum absolute atomic E-state index is 10.9. The van der Waals surface area contributed by atoms with Crippen molar-refractivity contribution in [1.82, 2.24) is 5.32 Å². The minimum absolute atomic E-state index is 0.242. The number of amides is 1. The SMILES string of the molecule is CC(=O)NC(COc1ccccc1C#N)C(=O)O. The molecule has 0 bridgehead atoms. The highest BCUT2D eigenvalue weighted by molar-refractivity contribution is 5.82. The Kier molecular flexibility index (Phi) is 4.69. The third-order valence-electron chi connectivity index (χ3n) is 2.09. The van der Waals surface area contributed by atoms with Gasteiger partial charge >= 0.3 is 5.97 Å². The second kappa shape index (κ2) is 6.25. The predicted octanol–water partition coefficient (Wildman–Crippen LogP) is 0.526. The maximum Gasteiger partial charge on any atom is 0.329 e. The van der Waals surface area contributed by atoms with Gasteiger partial charge in [-0.2, -0.15) is 5.26 Å². The largest absolute Gasteiger partial charge is 0.489 e. The van der Waals surface area contributed by atoms with Crippen LogP contribution in [0.5, 0.6) is 5.75 Å². The highest BCUT2D eigenvalue weighted by atomic mass is 16.5. The molecule has 0 heterocycles. The van der Waals surface area contributed by atoms with Gasteiger partial charge in [0.25, 0.3) is 0 Å². The van der Waals surface area contributed by atoms with Gasteiger partial charge in [0, 0.05) is 6.92 Å². The molecule has 1 unspecified atom stereocenters. The van der Waals surface area contributed by atoms with E-state index in [-0.39, 0.29) is 12.4 Å². The van der Waals surface area contributed by atoms with Crippen LogP contribution < -0.4 is 10.1 Å². The summed E-state index contributed by atoms with van der Waals surface area (Å²) in [5.74, 6) is -1.36. The monoisotopic (exact) mass is 248 g/mol. The number of rotatable bonds is 5. The number of carbonyl (C=O) groups excluding carboxylic acids is 1. The molecule has 0 spiro atoms. The van der Waals surface area contributed by atoms with E-state index in [1.165, 1.54) is 6.92 Å². The first-order valence-electron chi connectivity index (χ1n) is 5.16. The zero-order valence-electron chi connectivity index (χ0n) is 9.71. The van der Waals surface area contributed by atoms with E-state index in [1.54, 1.807) is 24.3 Å². The first-order valence-corrected chi connectivity index (χ1v) is 5.16. The Morgan fingerprint density at radius 3 is 2.72 bits per heavy atom. The van der Waals surface area contributed by atoms with Crippen molar-refractivity contribution in [3.63, 3.8) is 0 Å². The molecule has 0 radical (unpaired) electrons. The highest BCUT2D eigenvalue weighted by Gasteiger charge is 2.19. The lowest BCUT2D eigenvalue weighted by atomic mass is 10.2. The summed E-state index contributed by atoms with van der Waals surface area (Å²) in [7, 11) is 0. The Labute approximate surface area is 104 Å². The molecule has 6 heteroatoms. The summed E-state index contributed by atoms with van der Waals surface area (Å²) < 4.78 is 5.23. The Hall–Kier alpha value is -2.55. The van der Waals surface area contributed by atoms with Crippen molar-refractivity contribution in [2.75, 3.05) is 6.61 Å². The number of nitrogens with zero attached hydrogens (tertiary/aromatic N) is 1. The molecular weight excluding hydrogens is 236 g/mol. The summed E-state index contributed by atoms with van der Waals surface area (Å²) in [4.78, 5) is 21.7. The molecule has 0 saturated carbocycles. The molecule has 94 valence electrons. The summed E-state index contributed by atoms with van der Waals surface area (Å²) in [5.41, 5.74) is 0.310. The molecule has 0 aromatic heterocycles. The lowest BCUT2D eigenvalue weighted by Crippen LogP contribution is -2.43. The fourth-order valence-corrected chi connectivity index (χ4v) is 1.28. The van der Waals surface area contributed by atoms with Gasteiger partial charge in [-0.15, -0.1) is 0 Å². The molecule has 0 aliphatic heterocycles. The average Bonchev–Trinajstić information content (AvgIpc) is 2.34. The minimum atomic E-state index is -1.19. The number of benzene rings is 1. The number of carbonyl (C=O) groups is 2. The van der Waals surface area contributed by atoms with Crippen molar-refractivity contribution in [2.24, 2.45) is 0 Å². The molecule has 1 atom stereocenters. The first-order chi connectivity index (χ1) is 8.54. The molecule has 0 fully saturated rings. The van der Waals surface area contributed by atoms with E-state index < -0.39 is 17.9 Å². The van der Waals surface area contributed by atoms with Crippen LogP contribution in [0.3, 0.4) is 0 Å². The van der Waals surface area contributed by atoms with Crippen LogP contribution in [-0.4, -0.2) is 29.6 Å². The summed E-state index contributed by atoms with van der Waals surface area (Å²) in [6, 6.07) is 7.25. The van der Waals surface area contributed by atoms with Crippen LogP contribution in [0.2, 0.25) is 0 Å². The van der Waals surface area contributed by atoms with E-state index in [1.807, 2.05) is 6.07 Å². The number of nitrogens with one attached hydrogen (secondary N) is 1. The second-order valence-corrected chi connectivity index (χ2v) is 3.51. The van der Waals surface area contributed by atoms with E-state index in [9.17, 15) is 9.59 Å². The van der Waals surface area contributed by atoms with E-state index in [4.69, 9.17) is 15.1 Å². The number of carboxylic acids is 1. The topological polar surface area (TPSA) is 99.4 Å². The maximum atomic E-state index is 10.9. The summed E-state index contributed by atoms with van der Waals surface area (Å²) in [6.45, 7) is 0.979. The lowest BCUT2D eigenvalue weighted by Gasteiger charge is -2.14. The fraction of sp³-hybridized carbons (Fsp3) is 0.250. The number of aliphatic carboxylic acids is 1. The van der Waals surface area contributed by atoms with Crippen molar-refractivity contribution < 1.29 is 19.4 Å². The third-order valence-corrected chi connectivity index (χ3v) is 2.09. The molecule has 0 saturated heterocycles. The van der Waals surface area contributed by atoms with Crippen LogP contribution >= 0.6 is 0 Å². The molecule has 18 heavy (non-hydrogen) atoms. The highest BCUT2D eigenvalue weighted by Crippen LogP contribution is 2.16. The van der Waals surface area contributed by atoms with Crippen LogP contribution in [0.15, 0.2) is 24.3 Å². The molecule has 0 aliphatic carbocycles. The summed E-state index contributed by atoms with van der Waals surface area (Å²) in [6.07, 6.45) is 0. The molecular formula is C12H12N2O4. The van der Waals surface area contributed by atoms with Crippen LogP contribution in [0.25, 0.3) is 0 Å². The minimum Gasteiger partial charge on any atom is -0.489 e. The van der Waals surface area contributed by atoms with Crippen molar-refractivity contribution in [3.8, 4) is 11.8 Å². The molecule has 2 N–H and O–H groups in total. The third kappa shape index (κ3) is 3.79. The van der Waals surface area contributed by atoms with E-state index in [0.717, 1.165) is 0 Å². The Morgan fingerprint density at radius 1 is 1.50 bits per heavy atom. The first kappa shape index (κ1) is 13.5. The van der Waals surface area contributed by atoms with Gasteiger partial charge in [0.1, 0.15) is 18.4 Å². The van der Waals surface area contributed by atoms with Crippen molar-refractivity contribution in [2.45, 2.75) is 13.0 Å². The van der Waals surface area contributed by atoms with Gasteiger partial charge in [-0.3, -0.25) is 4.79 Å². The fourth-order valence-electron chi connectivity index (χ4n) is 1.28. The molecule has 1 aromatic rings. The van der Waals surface area contributed by atoms with Crippen molar-refractivity contribution >= 4 is 11.9 Å². The number of nitriles is 1. The second-order valence-electron chi connectivity index (χ2n) is 3.51. The Balaban J connectivity index is 2.70. The summed E-state index contributed by atoms with van der Waals surface area (Å²) in [5, 5.41) is 19.9. The van der Waals surface area contributed by atoms with E-state index >= 15 is 0 Å². The van der Waals surface area contributed by atoms with Gasteiger partial charge in [0.2, 0.25) is 5.91 Å². The van der Waals surface area contributed by atoms with Crippen LogP contribution in [0.4, 0.5) is 0 Å². The Morgan fingerprint density at radius 2 is 2.17 bits per heavy atom.